The molecule has 0 radical (unpaired) electrons. The number of halogens is 1. The Bertz CT molecular complexity index is 614. The van der Waals surface area contributed by atoms with Crippen LogP contribution in [0, 0.1) is 10.5 Å². The fourth-order valence-corrected chi connectivity index (χ4v) is 3.57. The zero-order valence-electron chi connectivity index (χ0n) is 11.9. The topological polar surface area (TPSA) is 51.8 Å². The van der Waals surface area contributed by atoms with Gasteiger partial charge in [0.1, 0.15) is 11.6 Å². The van der Waals surface area contributed by atoms with Crippen molar-refractivity contribution in [3.05, 3.63) is 44.9 Å². The summed E-state index contributed by atoms with van der Waals surface area (Å²) in [5.74, 6) is 2.49. The van der Waals surface area contributed by atoms with Crippen LogP contribution in [-0.2, 0) is 5.75 Å². The third-order valence-electron chi connectivity index (χ3n) is 2.85. The average molecular weight is 399 g/mol. The van der Waals surface area contributed by atoms with E-state index >= 15 is 0 Å². The molecule has 0 spiro atoms. The molecule has 0 bridgehead atoms. The summed E-state index contributed by atoms with van der Waals surface area (Å²) in [5, 5.41) is 0. The van der Waals surface area contributed by atoms with E-state index in [9.17, 15) is 0 Å². The standard InChI is InChI=1S/C15H18IN3S/c1-9(2)14-13(16)15(17)19-12(18-14)8-20-11-6-4-5-10(3)7-11/h4-7,9H,8H2,1-3H3,(H2,17,18,19). The van der Waals surface area contributed by atoms with Gasteiger partial charge in [-0.1, -0.05) is 31.5 Å². The Labute approximate surface area is 137 Å². The number of benzene rings is 1. The Morgan fingerprint density at radius 1 is 1.30 bits per heavy atom. The molecule has 1 aromatic carbocycles. The third kappa shape index (κ3) is 3.85. The molecule has 0 saturated carbocycles. The minimum absolute atomic E-state index is 0.356. The van der Waals surface area contributed by atoms with Crippen molar-refractivity contribution >= 4 is 40.2 Å². The predicted octanol–water partition coefficient (Wildman–Crippen LogP) is 4.39. The van der Waals surface area contributed by atoms with Crippen LogP contribution in [0.4, 0.5) is 5.82 Å². The van der Waals surface area contributed by atoms with Crippen LogP contribution >= 0.6 is 34.4 Å². The fourth-order valence-electron chi connectivity index (χ4n) is 1.83. The second-order valence-corrected chi connectivity index (χ2v) is 7.11. The minimum atomic E-state index is 0.356. The SMILES string of the molecule is Cc1cccc(SCc2nc(N)c(I)c(C(C)C)n2)c1. The molecule has 2 aromatic rings. The Balaban J connectivity index is 2.18. The van der Waals surface area contributed by atoms with E-state index < -0.39 is 0 Å². The monoisotopic (exact) mass is 399 g/mol. The van der Waals surface area contributed by atoms with Gasteiger partial charge in [-0.15, -0.1) is 11.8 Å². The molecule has 0 aliphatic heterocycles. The van der Waals surface area contributed by atoms with Crippen molar-refractivity contribution in [2.45, 2.75) is 37.3 Å². The molecule has 2 N–H and O–H groups in total. The summed E-state index contributed by atoms with van der Waals surface area (Å²) in [4.78, 5) is 10.3. The van der Waals surface area contributed by atoms with Crippen LogP contribution in [0.1, 0.15) is 36.8 Å². The summed E-state index contributed by atoms with van der Waals surface area (Å²) in [6, 6.07) is 8.45. The van der Waals surface area contributed by atoms with Gasteiger partial charge in [-0.05, 0) is 47.6 Å². The van der Waals surface area contributed by atoms with Crippen LogP contribution in [0.2, 0.25) is 0 Å². The molecular formula is C15H18IN3S. The quantitative estimate of drug-likeness (QED) is 0.612. The molecule has 0 atom stereocenters. The average Bonchev–Trinajstić information content (AvgIpc) is 2.39. The van der Waals surface area contributed by atoms with Crippen molar-refractivity contribution < 1.29 is 0 Å². The van der Waals surface area contributed by atoms with Crippen LogP contribution in [0.5, 0.6) is 0 Å². The zero-order chi connectivity index (χ0) is 14.7. The molecule has 0 fully saturated rings. The first-order valence-electron chi connectivity index (χ1n) is 6.48. The molecule has 0 amide bonds. The highest BCUT2D eigenvalue weighted by atomic mass is 127. The predicted molar refractivity (Wildman–Crippen MR) is 94.0 cm³/mol. The highest BCUT2D eigenvalue weighted by Gasteiger charge is 2.13. The number of rotatable bonds is 4. The smallest absolute Gasteiger partial charge is 0.141 e. The Hall–Kier alpha value is -0.820. The van der Waals surface area contributed by atoms with Crippen molar-refractivity contribution in [3.8, 4) is 0 Å². The fraction of sp³-hybridized carbons (Fsp3) is 0.333. The highest BCUT2D eigenvalue weighted by molar-refractivity contribution is 14.1. The molecule has 20 heavy (non-hydrogen) atoms. The summed E-state index contributed by atoms with van der Waals surface area (Å²) in [7, 11) is 0. The van der Waals surface area contributed by atoms with Gasteiger partial charge in [-0.25, -0.2) is 9.97 Å². The minimum Gasteiger partial charge on any atom is -0.383 e. The summed E-state index contributed by atoms with van der Waals surface area (Å²) in [6.07, 6.45) is 0. The first-order chi connectivity index (χ1) is 9.47. The molecular weight excluding hydrogens is 381 g/mol. The van der Waals surface area contributed by atoms with Crippen LogP contribution in [0.3, 0.4) is 0 Å². The zero-order valence-corrected chi connectivity index (χ0v) is 14.8. The second kappa shape index (κ2) is 6.76. The van der Waals surface area contributed by atoms with Gasteiger partial charge in [0.25, 0.3) is 0 Å². The van der Waals surface area contributed by atoms with Crippen molar-refractivity contribution in [1.82, 2.24) is 9.97 Å². The lowest BCUT2D eigenvalue weighted by Gasteiger charge is -2.11. The molecule has 106 valence electrons. The summed E-state index contributed by atoms with van der Waals surface area (Å²) in [6.45, 7) is 6.35. The maximum atomic E-state index is 5.98. The molecule has 1 heterocycles. The Morgan fingerprint density at radius 3 is 2.70 bits per heavy atom. The van der Waals surface area contributed by atoms with Gasteiger partial charge in [0.15, 0.2) is 0 Å². The number of nitrogens with two attached hydrogens (primary N) is 1. The van der Waals surface area contributed by atoms with E-state index in [-0.39, 0.29) is 0 Å². The maximum absolute atomic E-state index is 5.98. The molecule has 0 aliphatic carbocycles. The summed E-state index contributed by atoms with van der Waals surface area (Å²) in [5.41, 5.74) is 8.29. The first-order valence-corrected chi connectivity index (χ1v) is 8.55. The number of aryl methyl sites for hydroxylation is 1. The highest BCUT2D eigenvalue weighted by Crippen LogP contribution is 2.26. The van der Waals surface area contributed by atoms with Gasteiger partial charge < -0.3 is 5.73 Å². The lowest BCUT2D eigenvalue weighted by Crippen LogP contribution is -2.08. The van der Waals surface area contributed by atoms with Crippen molar-refractivity contribution in [2.75, 3.05) is 5.73 Å². The lowest BCUT2D eigenvalue weighted by molar-refractivity contribution is 0.793. The molecule has 0 unspecified atom stereocenters. The summed E-state index contributed by atoms with van der Waals surface area (Å²) < 4.78 is 0.974. The van der Waals surface area contributed by atoms with Crippen LogP contribution < -0.4 is 5.73 Å². The van der Waals surface area contributed by atoms with Crippen LogP contribution in [0.15, 0.2) is 29.2 Å². The number of anilines is 1. The molecule has 2 rings (SSSR count). The van der Waals surface area contributed by atoms with Gasteiger partial charge >= 0.3 is 0 Å². The van der Waals surface area contributed by atoms with Gasteiger partial charge in [0, 0.05) is 4.90 Å². The molecule has 0 saturated heterocycles. The Kier molecular flexibility index (Phi) is 5.26. The van der Waals surface area contributed by atoms with Crippen molar-refractivity contribution in [3.63, 3.8) is 0 Å². The number of hydrogen-bond donors (Lipinski definition) is 1. The largest absolute Gasteiger partial charge is 0.383 e. The van der Waals surface area contributed by atoms with Gasteiger partial charge in [0.05, 0.1) is 15.0 Å². The van der Waals surface area contributed by atoms with E-state index in [4.69, 9.17) is 5.73 Å². The molecule has 1 aromatic heterocycles. The number of thioether (sulfide) groups is 1. The van der Waals surface area contributed by atoms with Crippen LogP contribution in [-0.4, -0.2) is 9.97 Å². The van der Waals surface area contributed by atoms with E-state index in [0.29, 0.717) is 11.7 Å². The Morgan fingerprint density at radius 2 is 2.05 bits per heavy atom. The van der Waals surface area contributed by atoms with E-state index in [1.807, 2.05) is 0 Å². The third-order valence-corrected chi connectivity index (χ3v) is 4.95. The van der Waals surface area contributed by atoms with E-state index in [1.165, 1.54) is 10.5 Å². The summed E-state index contributed by atoms with van der Waals surface area (Å²) >= 11 is 3.96. The van der Waals surface area contributed by atoms with Gasteiger partial charge in [-0.3, -0.25) is 0 Å². The van der Waals surface area contributed by atoms with Gasteiger partial charge in [0.2, 0.25) is 0 Å². The van der Waals surface area contributed by atoms with E-state index in [1.54, 1.807) is 11.8 Å². The number of nitrogen functional groups attached to an aromatic ring is 1. The van der Waals surface area contributed by atoms with Crippen molar-refractivity contribution in [1.29, 1.82) is 0 Å². The number of hydrogen-bond acceptors (Lipinski definition) is 4. The first kappa shape index (κ1) is 15.6. The molecule has 0 aliphatic rings. The normalized spacial score (nSPS) is 11.1. The second-order valence-electron chi connectivity index (χ2n) is 4.98. The number of aromatic nitrogens is 2. The van der Waals surface area contributed by atoms with E-state index in [0.717, 1.165) is 20.8 Å². The van der Waals surface area contributed by atoms with E-state index in [2.05, 4.69) is 77.6 Å². The van der Waals surface area contributed by atoms with Crippen LogP contribution in [0.25, 0.3) is 0 Å². The number of nitrogens with zero attached hydrogens (tertiary/aromatic N) is 2. The molecule has 3 nitrogen and oxygen atoms in total. The van der Waals surface area contributed by atoms with Crippen molar-refractivity contribution in [2.24, 2.45) is 0 Å². The molecule has 5 heteroatoms. The lowest BCUT2D eigenvalue weighted by atomic mass is 10.1. The van der Waals surface area contributed by atoms with Gasteiger partial charge in [-0.2, -0.15) is 0 Å². The maximum Gasteiger partial charge on any atom is 0.141 e.